The van der Waals surface area contributed by atoms with Gasteiger partial charge in [0.1, 0.15) is 4.64 Å². The van der Waals surface area contributed by atoms with E-state index in [0.717, 1.165) is 13.0 Å². The van der Waals surface area contributed by atoms with Crippen LogP contribution in [0.4, 0.5) is 0 Å². The van der Waals surface area contributed by atoms with E-state index in [2.05, 4.69) is 15.3 Å². The topological polar surface area (TPSA) is 62.7 Å². The average molecular weight is 262 g/mol. The van der Waals surface area contributed by atoms with Gasteiger partial charge in [-0.2, -0.15) is 0 Å². The lowest BCUT2D eigenvalue weighted by atomic mass is 10.2. The molecule has 0 aromatic carbocycles. The molecule has 0 spiro atoms. The van der Waals surface area contributed by atoms with Gasteiger partial charge in [0.25, 0.3) is 5.91 Å². The van der Waals surface area contributed by atoms with Crippen molar-refractivity contribution in [2.75, 3.05) is 6.54 Å². The van der Waals surface area contributed by atoms with Gasteiger partial charge in [-0.3, -0.25) is 4.79 Å². The monoisotopic (exact) mass is 262 g/mol. The van der Waals surface area contributed by atoms with Crippen molar-refractivity contribution in [2.24, 2.45) is 0 Å². The average Bonchev–Trinajstić information content (AvgIpc) is 2.88. The molecule has 2 heterocycles. The van der Waals surface area contributed by atoms with Crippen molar-refractivity contribution < 1.29 is 4.79 Å². The Bertz CT molecular complexity index is 561. The molecule has 18 heavy (non-hydrogen) atoms. The largest absolute Gasteiger partial charge is 0.352 e. The Morgan fingerprint density at radius 2 is 2.44 bits per heavy atom. The molecule has 0 saturated carbocycles. The molecule has 5 nitrogen and oxygen atoms in total. The number of carbonyl (C=O) groups excluding carboxylic acids is 1. The fourth-order valence-electron chi connectivity index (χ4n) is 1.58. The van der Waals surface area contributed by atoms with Crippen LogP contribution in [-0.2, 0) is 6.54 Å². The Morgan fingerprint density at radius 3 is 3.17 bits per heavy atom. The van der Waals surface area contributed by atoms with Gasteiger partial charge in [0.2, 0.25) is 0 Å². The lowest BCUT2D eigenvalue weighted by molar-refractivity contribution is 0.0952. The maximum Gasteiger partial charge on any atom is 0.254 e. The maximum absolute atomic E-state index is 11.8. The van der Waals surface area contributed by atoms with E-state index in [1.54, 1.807) is 30.9 Å². The number of pyridine rings is 1. The van der Waals surface area contributed by atoms with Gasteiger partial charge in [-0.25, -0.2) is 4.98 Å². The molecule has 0 radical (unpaired) electrons. The summed E-state index contributed by atoms with van der Waals surface area (Å²) in [6, 6.07) is 3.47. The number of aryl methyl sites for hydroxylation is 1. The first-order valence-corrected chi connectivity index (χ1v) is 6.10. The number of rotatable bonds is 5. The highest BCUT2D eigenvalue weighted by Crippen LogP contribution is 1.99. The van der Waals surface area contributed by atoms with E-state index in [-0.39, 0.29) is 5.91 Å². The quantitative estimate of drug-likeness (QED) is 0.637. The predicted octanol–water partition coefficient (Wildman–Crippen LogP) is 1.76. The van der Waals surface area contributed by atoms with Crippen molar-refractivity contribution in [1.82, 2.24) is 19.9 Å². The van der Waals surface area contributed by atoms with Crippen LogP contribution in [0.5, 0.6) is 0 Å². The van der Waals surface area contributed by atoms with Gasteiger partial charge >= 0.3 is 0 Å². The van der Waals surface area contributed by atoms with Crippen LogP contribution in [0.2, 0.25) is 0 Å². The summed E-state index contributed by atoms with van der Waals surface area (Å²) in [6.07, 6.45) is 7.95. The second-order valence-corrected chi connectivity index (χ2v) is 4.23. The summed E-state index contributed by atoms with van der Waals surface area (Å²) >= 11 is 5.04. The van der Waals surface area contributed by atoms with E-state index in [0.29, 0.717) is 16.7 Å². The number of imidazole rings is 1. The maximum atomic E-state index is 11.8. The third-order valence-electron chi connectivity index (χ3n) is 2.50. The molecule has 6 heteroatoms. The first kappa shape index (κ1) is 12.5. The Morgan fingerprint density at radius 1 is 1.56 bits per heavy atom. The fourth-order valence-corrected chi connectivity index (χ4v) is 1.81. The van der Waals surface area contributed by atoms with Gasteiger partial charge in [-0.05, 0) is 18.6 Å². The number of carbonyl (C=O) groups is 1. The van der Waals surface area contributed by atoms with Gasteiger partial charge < -0.3 is 14.9 Å². The summed E-state index contributed by atoms with van der Waals surface area (Å²) in [7, 11) is 0. The number of nitrogens with one attached hydrogen (secondary N) is 2. The van der Waals surface area contributed by atoms with Crippen LogP contribution in [0.3, 0.4) is 0 Å². The third kappa shape index (κ3) is 3.27. The van der Waals surface area contributed by atoms with Crippen molar-refractivity contribution in [3.63, 3.8) is 0 Å². The van der Waals surface area contributed by atoms with Gasteiger partial charge in [0, 0.05) is 31.7 Å². The van der Waals surface area contributed by atoms with Gasteiger partial charge in [-0.1, -0.05) is 12.2 Å². The number of amides is 1. The smallest absolute Gasteiger partial charge is 0.254 e. The minimum absolute atomic E-state index is 0.137. The minimum Gasteiger partial charge on any atom is -0.352 e. The first-order chi connectivity index (χ1) is 8.77. The van der Waals surface area contributed by atoms with Crippen LogP contribution in [0, 0.1) is 4.64 Å². The summed E-state index contributed by atoms with van der Waals surface area (Å²) in [5, 5.41) is 2.84. The van der Waals surface area contributed by atoms with Crippen LogP contribution < -0.4 is 5.32 Å². The van der Waals surface area contributed by atoms with Crippen LogP contribution in [0.25, 0.3) is 0 Å². The molecular formula is C12H14N4OS. The number of hydrogen-bond donors (Lipinski definition) is 2. The molecule has 2 aromatic rings. The standard InChI is InChI=1S/C12H14N4OS/c17-11(10-3-1-4-15-12(10)18)14-5-2-7-16-8-6-13-9-16/h1,3-4,6,8-9H,2,5,7H2,(H,14,17)(H,15,18). The van der Waals surface area contributed by atoms with Crippen molar-refractivity contribution in [3.05, 3.63) is 47.3 Å². The molecule has 0 saturated heterocycles. The molecule has 0 unspecified atom stereocenters. The minimum atomic E-state index is -0.137. The zero-order chi connectivity index (χ0) is 12.8. The van der Waals surface area contributed by atoms with E-state index < -0.39 is 0 Å². The summed E-state index contributed by atoms with van der Waals surface area (Å²) < 4.78 is 2.44. The number of aromatic amines is 1. The van der Waals surface area contributed by atoms with E-state index >= 15 is 0 Å². The number of nitrogens with zero attached hydrogens (tertiary/aromatic N) is 2. The normalized spacial score (nSPS) is 10.2. The zero-order valence-corrected chi connectivity index (χ0v) is 10.6. The SMILES string of the molecule is O=C(NCCCn1ccnc1)c1ccc[nH]c1=S. The highest BCUT2D eigenvalue weighted by atomic mass is 32.1. The van der Waals surface area contributed by atoms with Crippen LogP contribution in [0.1, 0.15) is 16.8 Å². The third-order valence-corrected chi connectivity index (χ3v) is 2.84. The van der Waals surface area contributed by atoms with Crippen molar-refractivity contribution in [3.8, 4) is 0 Å². The molecule has 94 valence electrons. The molecule has 0 fully saturated rings. The molecule has 2 N–H and O–H groups in total. The first-order valence-electron chi connectivity index (χ1n) is 5.69. The molecule has 0 atom stereocenters. The zero-order valence-electron chi connectivity index (χ0n) is 9.80. The summed E-state index contributed by atoms with van der Waals surface area (Å²) in [5.41, 5.74) is 0.509. The molecule has 0 aliphatic heterocycles. The number of H-pyrrole nitrogens is 1. The highest BCUT2D eigenvalue weighted by molar-refractivity contribution is 7.71. The summed E-state index contributed by atoms with van der Waals surface area (Å²) in [5.74, 6) is -0.137. The molecule has 0 aliphatic carbocycles. The lowest BCUT2D eigenvalue weighted by Gasteiger charge is -2.05. The molecule has 0 bridgehead atoms. The second kappa shape index (κ2) is 6.11. The van der Waals surface area contributed by atoms with Gasteiger partial charge in [-0.15, -0.1) is 0 Å². The number of aromatic nitrogens is 3. The predicted molar refractivity (Wildman–Crippen MR) is 70.8 cm³/mol. The second-order valence-electron chi connectivity index (χ2n) is 3.82. The van der Waals surface area contributed by atoms with Crippen LogP contribution in [-0.4, -0.2) is 27.0 Å². The van der Waals surface area contributed by atoms with E-state index in [1.807, 2.05) is 10.8 Å². The molecule has 1 amide bonds. The van der Waals surface area contributed by atoms with Crippen molar-refractivity contribution in [1.29, 1.82) is 0 Å². The van der Waals surface area contributed by atoms with Crippen molar-refractivity contribution >= 4 is 18.1 Å². The fraction of sp³-hybridized carbons (Fsp3) is 0.250. The molecule has 2 rings (SSSR count). The van der Waals surface area contributed by atoms with E-state index in [9.17, 15) is 4.79 Å². The van der Waals surface area contributed by atoms with Gasteiger partial charge in [0.15, 0.2) is 0 Å². The Labute approximate surface area is 110 Å². The van der Waals surface area contributed by atoms with Gasteiger partial charge in [0.05, 0.1) is 11.9 Å². The lowest BCUT2D eigenvalue weighted by Crippen LogP contribution is -2.25. The molecule has 0 aliphatic rings. The van der Waals surface area contributed by atoms with Crippen LogP contribution >= 0.6 is 12.2 Å². The molecule has 2 aromatic heterocycles. The molecular weight excluding hydrogens is 248 g/mol. The summed E-state index contributed by atoms with van der Waals surface area (Å²) in [4.78, 5) is 18.6. The Balaban J connectivity index is 1.79. The van der Waals surface area contributed by atoms with Crippen LogP contribution in [0.15, 0.2) is 37.1 Å². The summed E-state index contributed by atoms with van der Waals surface area (Å²) in [6.45, 7) is 1.45. The Kier molecular flexibility index (Phi) is 4.25. The van der Waals surface area contributed by atoms with Crippen molar-refractivity contribution in [2.45, 2.75) is 13.0 Å². The Hall–Kier alpha value is -1.95. The van der Waals surface area contributed by atoms with E-state index in [1.165, 1.54) is 0 Å². The number of hydrogen-bond acceptors (Lipinski definition) is 3. The highest BCUT2D eigenvalue weighted by Gasteiger charge is 2.05. The van der Waals surface area contributed by atoms with E-state index in [4.69, 9.17) is 12.2 Å².